The summed E-state index contributed by atoms with van der Waals surface area (Å²) in [4.78, 5) is 26.7. The highest BCUT2D eigenvalue weighted by molar-refractivity contribution is 5.95. The van der Waals surface area contributed by atoms with Crippen molar-refractivity contribution in [3.05, 3.63) is 69.3 Å². The van der Waals surface area contributed by atoms with Crippen molar-refractivity contribution in [3.63, 3.8) is 0 Å². The van der Waals surface area contributed by atoms with Crippen LogP contribution < -0.4 is 10.2 Å². The number of nitro benzene ring substituents is 1. The number of nitro groups is 1. The first kappa shape index (κ1) is 20.7. The molecule has 1 aliphatic rings. The van der Waals surface area contributed by atoms with Gasteiger partial charge in [0.1, 0.15) is 17.3 Å². The van der Waals surface area contributed by atoms with Crippen molar-refractivity contribution in [1.29, 1.82) is 0 Å². The first-order valence-electron chi connectivity index (χ1n) is 9.26. The van der Waals surface area contributed by atoms with Crippen LogP contribution in [0, 0.1) is 21.7 Å². The van der Waals surface area contributed by atoms with E-state index < -0.39 is 16.6 Å². The zero-order chi connectivity index (χ0) is 21.1. The highest BCUT2D eigenvalue weighted by Crippen LogP contribution is 2.32. The summed E-state index contributed by atoms with van der Waals surface area (Å²) in [6.45, 7) is 3.99. The first-order chi connectivity index (χ1) is 13.8. The fourth-order valence-corrected chi connectivity index (χ4v) is 3.61. The Morgan fingerprint density at radius 2 is 1.83 bits per heavy atom. The second-order valence-electron chi connectivity index (χ2n) is 6.90. The molecule has 154 valence electrons. The third-order valence-electron chi connectivity index (χ3n) is 5.28. The Labute approximate surface area is 167 Å². The van der Waals surface area contributed by atoms with Gasteiger partial charge in [0, 0.05) is 62.5 Å². The third-order valence-corrected chi connectivity index (χ3v) is 5.28. The molecule has 0 bridgehead atoms. The normalized spacial score (nSPS) is 15.8. The van der Waals surface area contributed by atoms with Crippen LogP contribution in [-0.4, -0.2) is 49.0 Å². The van der Waals surface area contributed by atoms with E-state index in [-0.39, 0.29) is 23.2 Å². The van der Waals surface area contributed by atoms with Crippen LogP contribution in [0.5, 0.6) is 0 Å². The Bertz CT molecular complexity index is 930. The molecular weight excluding hydrogens is 382 g/mol. The van der Waals surface area contributed by atoms with Crippen molar-refractivity contribution in [2.24, 2.45) is 0 Å². The molecule has 29 heavy (non-hydrogen) atoms. The minimum Gasteiger partial charge on any atom is -0.363 e. The maximum absolute atomic E-state index is 14.1. The summed E-state index contributed by atoms with van der Waals surface area (Å²) in [6, 6.07) is 7.73. The van der Waals surface area contributed by atoms with E-state index in [2.05, 4.69) is 10.2 Å². The van der Waals surface area contributed by atoms with E-state index in [1.54, 1.807) is 12.1 Å². The van der Waals surface area contributed by atoms with Crippen molar-refractivity contribution >= 4 is 17.3 Å². The molecule has 9 heteroatoms. The van der Waals surface area contributed by atoms with E-state index >= 15 is 0 Å². The van der Waals surface area contributed by atoms with E-state index in [4.69, 9.17) is 0 Å². The summed E-state index contributed by atoms with van der Waals surface area (Å²) in [7, 11) is 1.46. The Morgan fingerprint density at radius 3 is 2.41 bits per heavy atom. The maximum atomic E-state index is 14.1. The number of benzene rings is 2. The average Bonchev–Trinajstić information content (AvgIpc) is 2.72. The largest absolute Gasteiger partial charge is 0.363 e. The molecule has 0 radical (unpaired) electrons. The summed E-state index contributed by atoms with van der Waals surface area (Å²) in [5.41, 5.74) is 0.961. The lowest BCUT2D eigenvalue weighted by Crippen LogP contribution is -2.47. The van der Waals surface area contributed by atoms with Crippen molar-refractivity contribution in [2.45, 2.75) is 13.0 Å². The van der Waals surface area contributed by atoms with Crippen molar-refractivity contribution in [3.8, 4) is 0 Å². The first-order valence-corrected chi connectivity index (χ1v) is 9.26. The predicted molar refractivity (Wildman–Crippen MR) is 105 cm³/mol. The molecule has 1 unspecified atom stereocenters. The van der Waals surface area contributed by atoms with Gasteiger partial charge >= 0.3 is 0 Å². The fourth-order valence-electron chi connectivity index (χ4n) is 3.61. The van der Waals surface area contributed by atoms with Crippen LogP contribution in [0.2, 0.25) is 0 Å². The predicted octanol–water partition coefficient (Wildman–Crippen LogP) is 3.12. The summed E-state index contributed by atoms with van der Waals surface area (Å²) in [5.74, 6) is -1.59. The fraction of sp³-hybridized carbons (Fsp3) is 0.350. The van der Waals surface area contributed by atoms with Gasteiger partial charge in [0.2, 0.25) is 0 Å². The van der Waals surface area contributed by atoms with Crippen molar-refractivity contribution < 1.29 is 18.5 Å². The number of rotatable bonds is 5. The van der Waals surface area contributed by atoms with Crippen LogP contribution in [0.3, 0.4) is 0 Å². The summed E-state index contributed by atoms with van der Waals surface area (Å²) < 4.78 is 27.2. The van der Waals surface area contributed by atoms with Gasteiger partial charge in [0.15, 0.2) is 0 Å². The summed E-state index contributed by atoms with van der Waals surface area (Å²) in [5, 5.41) is 14.0. The van der Waals surface area contributed by atoms with Gasteiger partial charge in [-0.2, -0.15) is 0 Å². The van der Waals surface area contributed by atoms with Crippen LogP contribution in [0.25, 0.3) is 0 Å². The number of piperazine rings is 1. The molecule has 0 saturated carbocycles. The van der Waals surface area contributed by atoms with Gasteiger partial charge in [-0.15, -0.1) is 0 Å². The lowest BCUT2D eigenvalue weighted by Gasteiger charge is -2.39. The zero-order valence-electron chi connectivity index (χ0n) is 16.2. The number of amides is 1. The minimum atomic E-state index is -0.615. The second kappa shape index (κ2) is 8.52. The van der Waals surface area contributed by atoms with E-state index in [1.165, 1.54) is 25.2 Å². The number of halogens is 2. The number of anilines is 1. The highest BCUT2D eigenvalue weighted by Gasteiger charge is 2.28. The Morgan fingerprint density at radius 1 is 1.14 bits per heavy atom. The number of carbonyl (C=O) groups is 1. The van der Waals surface area contributed by atoms with Crippen LogP contribution >= 0.6 is 0 Å². The molecule has 2 aromatic carbocycles. The van der Waals surface area contributed by atoms with Crippen molar-refractivity contribution in [1.82, 2.24) is 10.2 Å². The van der Waals surface area contributed by atoms with E-state index in [9.17, 15) is 23.7 Å². The molecule has 0 aromatic heterocycles. The molecule has 1 heterocycles. The van der Waals surface area contributed by atoms with Gasteiger partial charge in [-0.1, -0.05) is 6.07 Å². The van der Waals surface area contributed by atoms with Gasteiger partial charge in [0.05, 0.1) is 4.92 Å². The number of nitrogens with zero attached hydrogens (tertiary/aromatic N) is 3. The smallest absolute Gasteiger partial charge is 0.293 e. The highest BCUT2D eigenvalue weighted by atomic mass is 19.1. The second-order valence-corrected chi connectivity index (χ2v) is 6.90. The minimum absolute atomic E-state index is 0.128. The molecule has 7 nitrogen and oxygen atoms in total. The quantitative estimate of drug-likeness (QED) is 0.612. The van der Waals surface area contributed by atoms with Crippen LogP contribution in [0.15, 0.2) is 36.4 Å². The monoisotopic (exact) mass is 404 g/mol. The van der Waals surface area contributed by atoms with Gasteiger partial charge in [0.25, 0.3) is 11.6 Å². The topological polar surface area (TPSA) is 78.7 Å². The zero-order valence-corrected chi connectivity index (χ0v) is 16.2. The number of nitrogens with one attached hydrogen (secondary N) is 1. The molecule has 0 aliphatic carbocycles. The van der Waals surface area contributed by atoms with E-state index in [0.717, 1.165) is 6.07 Å². The Balaban J connectivity index is 1.75. The molecule has 2 aromatic rings. The van der Waals surface area contributed by atoms with Crippen LogP contribution in [0.4, 0.5) is 20.2 Å². The Hall–Kier alpha value is -3.07. The van der Waals surface area contributed by atoms with Crippen LogP contribution in [0.1, 0.15) is 28.9 Å². The van der Waals surface area contributed by atoms with Crippen molar-refractivity contribution in [2.75, 3.05) is 38.1 Å². The summed E-state index contributed by atoms with van der Waals surface area (Å²) in [6.07, 6.45) is 0. The SMILES string of the molecule is CNC(=O)c1ccc(N2CCN(C(C)c3ccc(F)cc3F)CC2)c([N+](=O)[O-])c1. The molecular formula is C20H22F2N4O3. The number of carbonyl (C=O) groups excluding carboxylic acids is 1. The van der Waals surface area contributed by atoms with Gasteiger partial charge in [-0.05, 0) is 25.1 Å². The van der Waals surface area contributed by atoms with Crippen LogP contribution in [-0.2, 0) is 0 Å². The lowest BCUT2D eigenvalue weighted by atomic mass is 10.0. The number of hydrogen-bond acceptors (Lipinski definition) is 5. The van der Waals surface area contributed by atoms with E-state index in [1.807, 2.05) is 11.8 Å². The lowest BCUT2D eigenvalue weighted by molar-refractivity contribution is -0.384. The molecule has 1 fully saturated rings. The molecule has 1 atom stereocenters. The molecule has 1 saturated heterocycles. The Kier molecular flexibility index (Phi) is 6.07. The molecule has 3 rings (SSSR count). The average molecular weight is 404 g/mol. The molecule has 0 spiro atoms. The number of hydrogen-bond donors (Lipinski definition) is 1. The van der Waals surface area contributed by atoms with E-state index in [0.29, 0.717) is 37.4 Å². The summed E-state index contributed by atoms with van der Waals surface area (Å²) >= 11 is 0. The van der Waals surface area contributed by atoms with Gasteiger partial charge in [-0.25, -0.2) is 8.78 Å². The van der Waals surface area contributed by atoms with Gasteiger partial charge < -0.3 is 10.2 Å². The molecule has 1 aliphatic heterocycles. The standard InChI is InChI=1S/C20H22F2N4O3/c1-13(16-5-4-15(21)12-17(16)22)24-7-9-25(10-8-24)18-6-3-14(20(27)23-2)11-19(18)26(28)29/h3-6,11-13H,7-10H2,1-2H3,(H,23,27). The molecule has 1 amide bonds. The molecule has 1 N–H and O–H groups in total. The van der Waals surface area contributed by atoms with Gasteiger partial charge in [-0.3, -0.25) is 19.8 Å². The third kappa shape index (κ3) is 4.34. The maximum Gasteiger partial charge on any atom is 0.293 e.